The maximum atomic E-state index is 11.6. The number of carbonyl (C=O) groups excluding carboxylic acids is 2. The summed E-state index contributed by atoms with van der Waals surface area (Å²) in [5, 5.41) is 5.51. The average molecular weight is 212 g/mol. The molecule has 1 fully saturated rings. The van der Waals surface area contributed by atoms with Gasteiger partial charge in [0.15, 0.2) is 0 Å². The van der Waals surface area contributed by atoms with Gasteiger partial charge < -0.3 is 10.6 Å². The largest absolute Gasteiger partial charge is 0.359 e. The van der Waals surface area contributed by atoms with Crippen molar-refractivity contribution in [2.75, 3.05) is 13.6 Å². The lowest BCUT2D eigenvalue weighted by molar-refractivity contribution is -0.128. The van der Waals surface area contributed by atoms with E-state index in [2.05, 4.69) is 10.6 Å². The summed E-state index contributed by atoms with van der Waals surface area (Å²) in [6.45, 7) is 2.14. The van der Waals surface area contributed by atoms with E-state index in [9.17, 15) is 9.59 Å². The molecular weight excluding hydrogens is 192 g/mol. The van der Waals surface area contributed by atoms with E-state index in [0.29, 0.717) is 12.5 Å². The molecule has 0 spiro atoms. The summed E-state index contributed by atoms with van der Waals surface area (Å²) in [6, 6.07) is 0. The monoisotopic (exact) mass is 212 g/mol. The summed E-state index contributed by atoms with van der Waals surface area (Å²) in [4.78, 5) is 22.4. The van der Waals surface area contributed by atoms with Crippen LogP contribution in [0.5, 0.6) is 0 Å². The normalized spacial score (nSPS) is 25.7. The standard InChI is InChI=1S/C11H20N2O2/c1-8(14)13-7-9-5-3-4-6-10(9)11(15)12-2/h9-10H,3-7H2,1-2H3,(H,12,15)(H,13,14). The topological polar surface area (TPSA) is 58.2 Å². The van der Waals surface area contributed by atoms with Gasteiger partial charge in [0, 0.05) is 26.4 Å². The van der Waals surface area contributed by atoms with Gasteiger partial charge in [-0.05, 0) is 18.8 Å². The molecule has 0 saturated heterocycles. The van der Waals surface area contributed by atoms with Gasteiger partial charge in [-0.25, -0.2) is 0 Å². The summed E-state index contributed by atoms with van der Waals surface area (Å²) in [5.74, 6) is 0.486. The number of carbonyl (C=O) groups is 2. The van der Waals surface area contributed by atoms with Crippen LogP contribution in [-0.4, -0.2) is 25.4 Å². The van der Waals surface area contributed by atoms with Crippen molar-refractivity contribution in [2.24, 2.45) is 11.8 Å². The Labute approximate surface area is 90.8 Å². The van der Waals surface area contributed by atoms with Crippen LogP contribution in [0.1, 0.15) is 32.6 Å². The van der Waals surface area contributed by atoms with Crippen molar-refractivity contribution in [3.05, 3.63) is 0 Å². The van der Waals surface area contributed by atoms with Crippen molar-refractivity contribution in [3.8, 4) is 0 Å². The fraction of sp³-hybridized carbons (Fsp3) is 0.818. The van der Waals surface area contributed by atoms with Gasteiger partial charge in [0.1, 0.15) is 0 Å². The molecule has 86 valence electrons. The van der Waals surface area contributed by atoms with Gasteiger partial charge in [0.2, 0.25) is 11.8 Å². The molecule has 2 amide bonds. The Morgan fingerprint density at radius 1 is 1.27 bits per heavy atom. The fourth-order valence-corrected chi connectivity index (χ4v) is 2.26. The molecule has 0 bridgehead atoms. The molecular formula is C11H20N2O2. The molecule has 0 aromatic heterocycles. The van der Waals surface area contributed by atoms with Gasteiger partial charge in [-0.15, -0.1) is 0 Å². The van der Waals surface area contributed by atoms with Crippen LogP contribution in [0.2, 0.25) is 0 Å². The SMILES string of the molecule is CNC(=O)C1CCCCC1CNC(C)=O. The lowest BCUT2D eigenvalue weighted by Crippen LogP contribution is -2.40. The van der Waals surface area contributed by atoms with E-state index in [0.717, 1.165) is 25.7 Å². The molecule has 0 radical (unpaired) electrons. The Morgan fingerprint density at radius 3 is 2.53 bits per heavy atom. The maximum absolute atomic E-state index is 11.6. The van der Waals surface area contributed by atoms with E-state index in [-0.39, 0.29) is 17.7 Å². The third-order valence-corrected chi connectivity index (χ3v) is 3.11. The summed E-state index contributed by atoms with van der Waals surface area (Å²) >= 11 is 0. The fourth-order valence-electron chi connectivity index (χ4n) is 2.26. The molecule has 1 aliphatic carbocycles. The Kier molecular flexibility index (Phi) is 4.59. The summed E-state index contributed by atoms with van der Waals surface area (Å²) in [5.41, 5.74) is 0. The van der Waals surface area contributed by atoms with Gasteiger partial charge in [0.05, 0.1) is 0 Å². The van der Waals surface area contributed by atoms with E-state index in [1.54, 1.807) is 7.05 Å². The van der Waals surface area contributed by atoms with E-state index in [4.69, 9.17) is 0 Å². The second kappa shape index (κ2) is 5.73. The second-order valence-corrected chi connectivity index (χ2v) is 4.20. The van der Waals surface area contributed by atoms with Crippen LogP contribution < -0.4 is 10.6 Å². The van der Waals surface area contributed by atoms with Crippen molar-refractivity contribution >= 4 is 11.8 Å². The van der Waals surface area contributed by atoms with Crippen LogP contribution >= 0.6 is 0 Å². The highest BCUT2D eigenvalue weighted by Crippen LogP contribution is 2.29. The van der Waals surface area contributed by atoms with Gasteiger partial charge in [-0.1, -0.05) is 12.8 Å². The number of rotatable bonds is 3. The lowest BCUT2D eigenvalue weighted by Gasteiger charge is -2.30. The molecule has 4 nitrogen and oxygen atoms in total. The van der Waals surface area contributed by atoms with Crippen LogP contribution in [-0.2, 0) is 9.59 Å². The highest BCUT2D eigenvalue weighted by Gasteiger charge is 2.29. The first-order valence-corrected chi connectivity index (χ1v) is 5.61. The minimum Gasteiger partial charge on any atom is -0.359 e. The Balaban J connectivity index is 2.49. The predicted octanol–water partition coefficient (Wildman–Crippen LogP) is 0.675. The van der Waals surface area contributed by atoms with Crippen molar-refractivity contribution in [3.63, 3.8) is 0 Å². The molecule has 0 aromatic rings. The molecule has 2 unspecified atom stereocenters. The van der Waals surface area contributed by atoms with Crippen LogP contribution in [0.3, 0.4) is 0 Å². The summed E-state index contributed by atoms with van der Waals surface area (Å²) < 4.78 is 0. The molecule has 1 saturated carbocycles. The Bertz CT molecular complexity index is 241. The van der Waals surface area contributed by atoms with Crippen LogP contribution in [0.25, 0.3) is 0 Å². The molecule has 0 heterocycles. The summed E-state index contributed by atoms with van der Waals surface area (Å²) in [7, 11) is 1.67. The van der Waals surface area contributed by atoms with E-state index in [1.165, 1.54) is 6.92 Å². The predicted molar refractivity (Wildman–Crippen MR) is 58.2 cm³/mol. The molecule has 2 atom stereocenters. The average Bonchev–Trinajstić information content (AvgIpc) is 2.25. The highest BCUT2D eigenvalue weighted by molar-refractivity contribution is 5.79. The second-order valence-electron chi connectivity index (χ2n) is 4.20. The Hall–Kier alpha value is -1.06. The molecule has 15 heavy (non-hydrogen) atoms. The van der Waals surface area contributed by atoms with Crippen molar-refractivity contribution in [1.82, 2.24) is 10.6 Å². The first-order chi connectivity index (χ1) is 7.15. The zero-order valence-corrected chi connectivity index (χ0v) is 9.51. The van der Waals surface area contributed by atoms with Gasteiger partial charge >= 0.3 is 0 Å². The molecule has 1 aliphatic rings. The van der Waals surface area contributed by atoms with Crippen LogP contribution in [0.15, 0.2) is 0 Å². The maximum Gasteiger partial charge on any atom is 0.223 e. The number of hydrogen-bond acceptors (Lipinski definition) is 2. The molecule has 0 aromatic carbocycles. The molecule has 4 heteroatoms. The zero-order valence-electron chi connectivity index (χ0n) is 9.51. The Morgan fingerprint density at radius 2 is 1.93 bits per heavy atom. The molecule has 1 rings (SSSR count). The molecule has 2 N–H and O–H groups in total. The van der Waals surface area contributed by atoms with Crippen molar-refractivity contribution < 1.29 is 9.59 Å². The zero-order chi connectivity index (χ0) is 11.3. The van der Waals surface area contributed by atoms with Gasteiger partial charge in [-0.2, -0.15) is 0 Å². The quantitative estimate of drug-likeness (QED) is 0.722. The minimum absolute atomic E-state index is 0.0174. The van der Waals surface area contributed by atoms with E-state index >= 15 is 0 Å². The van der Waals surface area contributed by atoms with E-state index < -0.39 is 0 Å². The minimum atomic E-state index is -0.0174. The van der Waals surface area contributed by atoms with E-state index in [1.807, 2.05) is 0 Å². The van der Waals surface area contributed by atoms with Crippen LogP contribution in [0, 0.1) is 11.8 Å². The van der Waals surface area contributed by atoms with Crippen LogP contribution in [0.4, 0.5) is 0 Å². The highest BCUT2D eigenvalue weighted by atomic mass is 16.2. The smallest absolute Gasteiger partial charge is 0.223 e. The number of hydrogen-bond donors (Lipinski definition) is 2. The van der Waals surface area contributed by atoms with Gasteiger partial charge in [-0.3, -0.25) is 9.59 Å². The summed E-state index contributed by atoms with van der Waals surface area (Å²) in [6.07, 6.45) is 4.27. The third-order valence-electron chi connectivity index (χ3n) is 3.11. The van der Waals surface area contributed by atoms with Gasteiger partial charge in [0.25, 0.3) is 0 Å². The number of amides is 2. The first kappa shape index (κ1) is 12.0. The third kappa shape index (κ3) is 3.53. The van der Waals surface area contributed by atoms with Crippen molar-refractivity contribution in [1.29, 1.82) is 0 Å². The first-order valence-electron chi connectivity index (χ1n) is 5.61. The molecule has 0 aliphatic heterocycles. The van der Waals surface area contributed by atoms with Crippen molar-refractivity contribution in [2.45, 2.75) is 32.6 Å². The number of nitrogens with one attached hydrogen (secondary N) is 2. The lowest BCUT2D eigenvalue weighted by atomic mass is 9.78.